The van der Waals surface area contributed by atoms with E-state index in [4.69, 9.17) is 4.74 Å². The molecule has 2 atom stereocenters. The lowest BCUT2D eigenvalue weighted by Crippen LogP contribution is -2.46. The molecule has 86 valence electrons. The van der Waals surface area contributed by atoms with Crippen molar-refractivity contribution in [3.8, 4) is 0 Å². The van der Waals surface area contributed by atoms with E-state index < -0.39 is 0 Å². The Kier molecular flexibility index (Phi) is 2.63. The highest BCUT2D eigenvalue weighted by Crippen LogP contribution is 2.24. The molecule has 0 radical (unpaired) electrons. The summed E-state index contributed by atoms with van der Waals surface area (Å²) in [7, 11) is 0. The predicted molar refractivity (Wildman–Crippen MR) is 57.8 cm³/mol. The first-order valence-electron chi connectivity index (χ1n) is 5.69. The normalized spacial score (nSPS) is 30.5. The topological polar surface area (TPSA) is 41.6 Å². The van der Waals surface area contributed by atoms with Crippen LogP contribution in [0.5, 0.6) is 0 Å². The van der Waals surface area contributed by atoms with Gasteiger partial charge in [-0.2, -0.15) is 0 Å². The molecule has 1 amide bonds. The molecular weight excluding hydrogens is 192 g/mol. The number of piperidine rings is 1. The number of hydrogen-bond acceptors (Lipinski definition) is 3. The van der Waals surface area contributed by atoms with Gasteiger partial charge in [0.2, 0.25) is 0 Å². The van der Waals surface area contributed by atoms with Crippen LogP contribution in [0.1, 0.15) is 33.6 Å². The Morgan fingerprint density at radius 2 is 2.20 bits per heavy atom. The molecule has 0 aromatic carbocycles. The van der Waals surface area contributed by atoms with Gasteiger partial charge < -0.3 is 15.0 Å². The third kappa shape index (κ3) is 2.43. The van der Waals surface area contributed by atoms with E-state index in [2.05, 4.69) is 5.32 Å². The van der Waals surface area contributed by atoms with Gasteiger partial charge in [0.1, 0.15) is 5.60 Å². The van der Waals surface area contributed by atoms with Crippen molar-refractivity contribution in [3.63, 3.8) is 0 Å². The Balaban J connectivity index is 1.95. The lowest BCUT2D eigenvalue weighted by molar-refractivity contribution is 0.0142. The molecule has 2 aliphatic rings. The standard InChI is InChI=1S/C11H20N2O2/c1-11(2,3)15-10(14)13-5-4-8-6-9(13)7-12-8/h8-9,12H,4-7H2,1-3H3/t8-,9+/m1/s1. The van der Waals surface area contributed by atoms with Crippen LogP contribution in [0.3, 0.4) is 0 Å². The van der Waals surface area contributed by atoms with Crippen LogP contribution >= 0.6 is 0 Å². The van der Waals surface area contributed by atoms with Gasteiger partial charge in [0.25, 0.3) is 0 Å². The van der Waals surface area contributed by atoms with Crippen LogP contribution in [0, 0.1) is 0 Å². The SMILES string of the molecule is CC(C)(C)OC(=O)N1CC[C@@H]2C[C@H]1CN2. The summed E-state index contributed by atoms with van der Waals surface area (Å²) in [5.41, 5.74) is -0.389. The number of nitrogens with one attached hydrogen (secondary N) is 1. The Labute approximate surface area is 91.0 Å². The van der Waals surface area contributed by atoms with Gasteiger partial charge in [-0.3, -0.25) is 0 Å². The lowest BCUT2D eigenvalue weighted by Gasteiger charge is -2.34. The Hall–Kier alpha value is -0.770. The summed E-state index contributed by atoms with van der Waals surface area (Å²) < 4.78 is 5.39. The van der Waals surface area contributed by atoms with Crippen molar-refractivity contribution in [1.82, 2.24) is 10.2 Å². The molecule has 2 fully saturated rings. The van der Waals surface area contributed by atoms with Gasteiger partial charge in [0.05, 0.1) is 0 Å². The van der Waals surface area contributed by atoms with Crippen molar-refractivity contribution in [2.75, 3.05) is 13.1 Å². The molecule has 2 rings (SSSR count). The summed E-state index contributed by atoms with van der Waals surface area (Å²) in [6, 6.07) is 0.965. The predicted octanol–water partition coefficient (Wildman–Crippen LogP) is 1.36. The maximum absolute atomic E-state index is 11.9. The first-order valence-corrected chi connectivity index (χ1v) is 5.69. The third-order valence-electron chi connectivity index (χ3n) is 2.99. The average molecular weight is 212 g/mol. The van der Waals surface area contributed by atoms with Gasteiger partial charge in [-0.25, -0.2) is 4.79 Å². The summed E-state index contributed by atoms with van der Waals surface area (Å²) in [5.74, 6) is 0. The summed E-state index contributed by atoms with van der Waals surface area (Å²) in [6.07, 6.45) is 1.98. The molecule has 0 spiro atoms. The summed E-state index contributed by atoms with van der Waals surface area (Å²) in [4.78, 5) is 13.8. The maximum atomic E-state index is 11.9. The smallest absolute Gasteiger partial charge is 0.410 e. The molecule has 0 aromatic heterocycles. The van der Waals surface area contributed by atoms with E-state index in [0.717, 1.165) is 25.9 Å². The van der Waals surface area contributed by atoms with Crippen LogP contribution in [0.15, 0.2) is 0 Å². The Bertz CT molecular complexity index is 260. The molecule has 1 N–H and O–H groups in total. The molecule has 2 bridgehead atoms. The van der Waals surface area contributed by atoms with Gasteiger partial charge in [-0.05, 0) is 33.6 Å². The first-order chi connectivity index (χ1) is 6.96. The second-order valence-corrected chi connectivity index (χ2v) is 5.46. The zero-order valence-electron chi connectivity index (χ0n) is 9.75. The lowest BCUT2D eigenvalue weighted by atomic mass is 10.0. The largest absolute Gasteiger partial charge is 0.444 e. The molecule has 0 aromatic rings. The highest BCUT2D eigenvalue weighted by Gasteiger charge is 2.37. The highest BCUT2D eigenvalue weighted by atomic mass is 16.6. The molecule has 2 heterocycles. The van der Waals surface area contributed by atoms with Crippen molar-refractivity contribution < 1.29 is 9.53 Å². The maximum Gasteiger partial charge on any atom is 0.410 e. The van der Waals surface area contributed by atoms with E-state index in [9.17, 15) is 4.79 Å². The van der Waals surface area contributed by atoms with E-state index >= 15 is 0 Å². The number of fused-ring (bicyclic) bond motifs is 2. The van der Waals surface area contributed by atoms with E-state index in [-0.39, 0.29) is 11.7 Å². The molecule has 0 aliphatic carbocycles. The van der Waals surface area contributed by atoms with Crippen LogP contribution in [0.25, 0.3) is 0 Å². The minimum atomic E-state index is -0.389. The number of hydrogen-bond donors (Lipinski definition) is 1. The molecule has 4 nitrogen and oxygen atoms in total. The van der Waals surface area contributed by atoms with Gasteiger partial charge in [0, 0.05) is 25.2 Å². The Morgan fingerprint density at radius 1 is 1.47 bits per heavy atom. The number of carbonyl (C=O) groups is 1. The van der Waals surface area contributed by atoms with Crippen molar-refractivity contribution in [2.24, 2.45) is 0 Å². The van der Waals surface area contributed by atoms with Crippen LogP contribution in [0.4, 0.5) is 4.79 Å². The van der Waals surface area contributed by atoms with Crippen LogP contribution in [-0.4, -0.2) is 41.8 Å². The quantitative estimate of drug-likeness (QED) is 0.659. The fourth-order valence-corrected chi connectivity index (χ4v) is 2.29. The zero-order chi connectivity index (χ0) is 11.1. The van der Waals surface area contributed by atoms with Gasteiger partial charge in [-0.1, -0.05) is 0 Å². The fourth-order valence-electron chi connectivity index (χ4n) is 2.29. The molecule has 2 aliphatic heterocycles. The van der Waals surface area contributed by atoms with E-state index in [1.165, 1.54) is 0 Å². The summed E-state index contributed by atoms with van der Waals surface area (Å²) in [6.45, 7) is 7.47. The summed E-state index contributed by atoms with van der Waals surface area (Å²) in [5, 5.41) is 3.42. The second kappa shape index (κ2) is 3.67. The minimum absolute atomic E-state index is 0.158. The number of nitrogens with zero attached hydrogens (tertiary/aromatic N) is 1. The summed E-state index contributed by atoms with van der Waals surface area (Å²) >= 11 is 0. The zero-order valence-corrected chi connectivity index (χ0v) is 9.75. The van der Waals surface area contributed by atoms with Crippen molar-refractivity contribution in [2.45, 2.75) is 51.3 Å². The number of amides is 1. The van der Waals surface area contributed by atoms with Gasteiger partial charge >= 0.3 is 6.09 Å². The number of carbonyl (C=O) groups excluding carboxylic acids is 1. The molecule has 2 saturated heterocycles. The molecule has 4 heteroatoms. The Morgan fingerprint density at radius 3 is 2.87 bits per heavy atom. The minimum Gasteiger partial charge on any atom is -0.444 e. The fraction of sp³-hybridized carbons (Fsp3) is 0.909. The van der Waals surface area contributed by atoms with Gasteiger partial charge in [-0.15, -0.1) is 0 Å². The van der Waals surface area contributed by atoms with Gasteiger partial charge in [0.15, 0.2) is 0 Å². The van der Waals surface area contributed by atoms with Crippen LogP contribution < -0.4 is 5.32 Å². The van der Waals surface area contributed by atoms with E-state index in [1.54, 1.807) is 0 Å². The van der Waals surface area contributed by atoms with E-state index in [1.807, 2.05) is 25.7 Å². The number of likely N-dealkylation sites (tertiary alicyclic amines) is 1. The number of rotatable bonds is 0. The molecular formula is C11H20N2O2. The second-order valence-electron chi connectivity index (χ2n) is 5.46. The third-order valence-corrected chi connectivity index (χ3v) is 2.99. The monoisotopic (exact) mass is 212 g/mol. The van der Waals surface area contributed by atoms with Crippen molar-refractivity contribution in [1.29, 1.82) is 0 Å². The van der Waals surface area contributed by atoms with Crippen molar-refractivity contribution in [3.05, 3.63) is 0 Å². The first kappa shape index (κ1) is 10.7. The van der Waals surface area contributed by atoms with E-state index in [0.29, 0.717) is 12.1 Å². The average Bonchev–Trinajstić information content (AvgIpc) is 2.45. The molecule has 15 heavy (non-hydrogen) atoms. The number of ether oxygens (including phenoxy) is 1. The molecule has 0 unspecified atom stereocenters. The van der Waals surface area contributed by atoms with Crippen LogP contribution in [0.2, 0.25) is 0 Å². The molecule has 0 saturated carbocycles. The van der Waals surface area contributed by atoms with Crippen molar-refractivity contribution >= 4 is 6.09 Å². The highest BCUT2D eigenvalue weighted by molar-refractivity contribution is 5.68. The van der Waals surface area contributed by atoms with Crippen LogP contribution in [-0.2, 0) is 4.74 Å².